The van der Waals surface area contributed by atoms with E-state index in [1.165, 1.54) is 6.92 Å². The number of amides is 1. The van der Waals surface area contributed by atoms with E-state index in [1.54, 1.807) is 7.11 Å². The monoisotopic (exact) mass is 445 g/mol. The topological polar surface area (TPSA) is 102 Å². The lowest BCUT2D eigenvalue weighted by molar-refractivity contribution is -0.114. The maximum absolute atomic E-state index is 11.6. The molecule has 1 aliphatic carbocycles. The van der Waals surface area contributed by atoms with E-state index in [0.717, 1.165) is 52.8 Å². The smallest absolute Gasteiger partial charge is 0.222 e. The van der Waals surface area contributed by atoms with Gasteiger partial charge in [0, 0.05) is 56.8 Å². The molecule has 4 heterocycles. The minimum absolute atomic E-state index is 0.104. The van der Waals surface area contributed by atoms with E-state index >= 15 is 0 Å². The summed E-state index contributed by atoms with van der Waals surface area (Å²) in [5, 5.41) is 13.0. The highest BCUT2D eigenvalue weighted by molar-refractivity contribution is 5.92. The number of nitrogens with one attached hydrogen (secondary N) is 1. The largest absolute Gasteiger partial charge is 0.378 e. The minimum Gasteiger partial charge on any atom is -0.378 e. The molecule has 0 bridgehead atoms. The van der Waals surface area contributed by atoms with E-state index in [4.69, 9.17) is 14.5 Å². The van der Waals surface area contributed by atoms with Crippen LogP contribution in [0.25, 0.3) is 16.7 Å². The first-order valence-electron chi connectivity index (χ1n) is 11.2. The fourth-order valence-corrected chi connectivity index (χ4v) is 4.90. The van der Waals surface area contributed by atoms with E-state index in [9.17, 15) is 10.1 Å². The van der Waals surface area contributed by atoms with Gasteiger partial charge < -0.3 is 19.4 Å². The van der Waals surface area contributed by atoms with Gasteiger partial charge in [0.25, 0.3) is 0 Å². The number of carbonyl (C=O) groups is 1. The fourth-order valence-electron chi connectivity index (χ4n) is 4.90. The summed E-state index contributed by atoms with van der Waals surface area (Å²) in [5.74, 6) is 1.52. The molecule has 1 saturated carbocycles. The van der Waals surface area contributed by atoms with Crippen molar-refractivity contribution in [2.45, 2.75) is 44.6 Å². The molecule has 8 nitrogen and oxygen atoms in total. The highest BCUT2D eigenvalue weighted by Gasteiger charge is 2.39. The van der Waals surface area contributed by atoms with Gasteiger partial charge in [-0.2, -0.15) is 5.26 Å². The number of aryl methyl sites for hydroxylation is 1. The van der Waals surface area contributed by atoms with E-state index in [2.05, 4.69) is 33.2 Å². The van der Waals surface area contributed by atoms with E-state index in [1.807, 2.05) is 25.3 Å². The Balaban J connectivity index is 1.65. The predicted octanol–water partition coefficient (Wildman–Crippen LogP) is 3.97. The molecule has 5 rings (SSSR count). The lowest BCUT2D eigenvalue weighted by Gasteiger charge is -2.30. The molecule has 0 unspecified atom stereocenters. The quantitative estimate of drug-likeness (QED) is 0.638. The van der Waals surface area contributed by atoms with Crippen molar-refractivity contribution in [2.75, 3.05) is 25.6 Å². The van der Waals surface area contributed by atoms with Crippen LogP contribution in [0.2, 0.25) is 0 Å². The maximum atomic E-state index is 11.6. The Morgan fingerprint density at radius 2 is 2.18 bits per heavy atom. The summed E-state index contributed by atoms with van der Waals surface area (Å²) in [6.45, 7) is 4.64. The van der Waals surface area contributed by atoms with Crippen LogP contribution in [0.1, 0.15) is 48.9 Å². The minimum atomic E-state index is -0.552. The van der Waals surface area contributed by atoms with Gasteiger partial charge in [0.2, 0.25) is 5.91 Å². The van der Waals surface area contributed by atoms with E-state index < -0.39 is 5.60 Å². The van der Waals surface area contributed by atoms with Gasteiger partial charge >= 0.3 is 0 Å². The third kappa shape index (κ3) is 3.77. The first-order chi connectivity index (χ1) is 15.9. The third-order valence-corrected chi connectivity index (χ3v) is 6.83. The number of methoxy groups -OCH3 is 1. The molecule has 8 heteroatoms. The van der Waals surface area contributed by atoms with Gasteiger partial charge in [-0.25, -0.2) is 9.97 Å². The number of carbonyl (C=O) groups excluding carboxylic acids is 1. The molecule has 170 valence electrons. The molecule has 1 saturated heterocycles. The number of nitriles is 1. The Kier molecular flexibility index (Phi) is 5.39. The lowest BCUT2D eigenvalue weighted by atomic mass is 9.72. The Morgan fingerprint density at radius 1 is 1.36 bits per heavy atom. The fraction of sp³-hybridized carbons (Fsp3) is 0.440. The zero-order chi connectivity index (χ0) is 23.2. The molecule has 1 aliphatic heterocycles. The van der Waals surface area contributed by atoms with Gasteiger partial charge in [0.1, 0.15) is 17.2 Å². The maximum Gasteiger partial charge on any atom is 0.222 e. The molecule has 2 fully saturated rings. The number of hydrogen-bond acceptors (Lipinski definition) is 6. The first kappa shape index (κ1) is 21.6. The number of anilines is 1. The van der Waals surface area contributed by atoms with Crippen LogP contribution in [0.3, 0.4) is 0 Å². The number of pyridine rings is 2. The molecule has 3 aromatic rings. The third-order valence-electron chi connectivity index (χ3n) is 6.83. The summed E-state index contributed by atoms with van der Waals surface area (Å²) < 4.78 is 13.6. The summed E-state index contributed by atoms with van der Waals surface area (Å²) in [7, 11) is 1.70. The number of ether oxygens (including phenoxy) is 2. The van der Waals surface area contributed by atoms with Crippen molar-refractivity contribution in [3.8, 4) is 11.9 Å². The van der Waals surface area contributed by atoms with Crippen LogP contribution >= 0.6 is 0 Å². The molecule has 2 aliphatic rings. The highest BCUT2D eigenvalue weighted by atomic mass is 16.5. The van der Waals surface area contributed by atoms with Crippen molar-refractivity contribution >= 4 is 22.6 Å². The van der Waals surface area contributed by atoms with Crippen LogP contribution < -0.4 is 5.32 Å². The Labute approximate surface area is 192 Å². The number of fused-ring (bicyclic) bond motifs is 1. The normalized spacial score (nSPS) is 24.4. The van der Waals surface area contributed by atoms with Crippen LogP contribution in [0.5, 0.6) is 0 Å². The van der Waals surface area contributed by atoms with Crippen molar-refractivity contribution in [1.82, 2.24) is 14.5 Å². The molecule has 0 aromatic carbocycles. The van der Waals surface area contributed by atoms with Crippen molar-refractivity contribution in [2.24, 2.45) is 5.92 Å². The highest BCUT2D eigenvalue weighted by Crippen LogP contribution is 2.45. The number of hydrogen-bond donors (Lipinski definition) is 1. The number of aromatic nitrogens is 3. The van der Waals surface area contributed by atoms with Gasteiger partial charge in [-0.05, 0) is 48.9 Å². The zero-order valence-electron chi connectivity index (χ0n) is 19.1. The second-order valence-electron chi connectivity index (χ2n) is 9.11. The van der Waals surface area contributed by atoms with Gasteiger partial charge in [0.05, 0.1) is 23.9 Å². The second-order valence-corrected chi connectivity index (χ2v) is 9.11. The molecule has 3 aromatic heterocycles. The molecule has 1 N–H and O–H groups in total. The molecular weight excluding hydrogens is 418 g/mol. The van der Waals surface area contributed by atoms with Gasteiger partial charge in [-0.15, -0.1) is 0 Å². The molecule has 1 atom stereocenters. The predicted molar refractivity (Wildman–Crippen MR) is 123 cm³/mol. The SMILES string of the molecule is CO[C@@]1(c2cc(C)cc(-n3cc([C@H]4C[C@@H](C#N)C4)c4cnc(NC(C)=O)cc43)n2)CCOC1. The molecule has 0 spiro atoms. The van der Waals surface area contributed by atoms with Crippen LogP contribution in [-0.4, -0.2) is 40.8 Å². The van der Waals surface area contributed by atoms with Crippen molar-refractivity contribution in [3.05, 3.63) is 47.4 Å². The zero-order valence-corrected chi connectivity index (χ0v) is 19.1. The molecule has 1 amide bonds. The Morgan fingerprint density at radius 3 is 2.85 bits per heavy atom. The summed E-state index contributed by atoms with van der Waals surface area (Å²) in [5.41, 5.74) is 3.45. The average Bonchev–Trinajstić information content (AvgIpc) is 3.38. The Hall–Kier alpha value is -3.28. The average molecular weight is 446 g/mol. The summed E-state index contributed by atoms with van der Waals surface area (Å²) in [4.78, 5) is 21.1. The van der Waals surface area contributed by atoms with Gasteiger partial charge in [-0.1, -0.05) is 0 Å². The van der Waals surface area contributed by atoms with Gasteiger partial charge in [0.15, 0.2) is 0 Å². The second kappa shape index (κ2) is 8.25. The van der Waals surface area contributed by atoms with Crippen molar-refractivity contribution < 1.29 is 14.3 Å². The van der Waals surface area contributed by atoms with E-state index in [0.29, 0.717) is 24.9 Å². The van der Waals surface area contributed by atoms with Crippen LogP contribution in [0, 0.1) is 24.2 Å². The molecule has 0 radical (unpaired) electrons. The van der Waals surface area contributed by atoms with E-state index in [-0.39, 0.29) is 11.8 Å². The molecular formula is C25H27N5O3. The van der Waals surface area contributed by atoms with Crippen LogP contribution in [0.4, 0.5) is 5.82 Å². The molecule has 33 heavy (non-hydrogen) atoms. The summed E-state index contributed by atoms with van der Waals surface area (Å²) in [6.07, 6.45) is 6.37. The number of rotatable bonds is 5. The van der Waals surface area contributed by atoms with Crippen molar-refractivity contribution in [1.29, 1.82) is 5.26 Å². The van der Waals surface area contributed by atoms with Crippen LogP contribution in [-0.2, 0) is 19.9 Å². The summed E-state index contributed by atoms with van der Waals surface area (Å²) in [6, 6.07) is 8.35. The number of nitrogens with zero attached hydrogens (tertiary/aromatic N) is 4. The van der Waals surface area contributed by atoms with Crippen LogP contribution in [0.15, 0.2) is 30.6 Å². The standard InChI is InChI=1S/C25H27N5O3/c1-15-6-22(25(32-3)4-5-33-14-25)29-24(7-15)30-13-20(18-8-17(9-18)11-26)19-12-27-23(10-21(19)30)28-16(2)31/h6-7,10,12-13,17-18H,4-5,8-9,14H2,1-3H3,(H,27,28,31)/t17-,18+,25-/m0/s1. The van der Waals surface area contributed by atoms with Crippen molar-refractivity contribution in [3.63, 3.8) is 0 Å². The first-order valence-corrected chi connectivity index (χ1v) is 11.2. The Bertz CT molecular complexity index is 1260. The summed E-state index contributed by atoms with van der Waals surface area (Å²) >= 11 is 0. The lowest BCUT2D eigenvalue weighted by Crippen LogP contribution is -2.30. The van der Waals surface area contributed by atoms with Gasteiger partial charge in [-0.3, -0.25) is 4.79 Å².